The van der Waals surface area contributed by atoms with Crippen molar-refractivity contribution >= 4 is 11.8 Å². The average molecular weight is 268 g/mol. The van der Waals surface area contributed by atoms with Gasteiger partial charge >= 0.3 is 0 Å². The zero-order valence-corrected chi connectivity index (χ0v) is 12.9. The Labute approximate surface area is 116 Å². The number of carbonyl (C=O) groups excluding carboxylic acids is 2. The zero-order valence-electron chi connectivity index (χ0n) is 12.9. The summed E-state index contributed by atoms with van der Waals surface area (Å²) in [6, 6.07) is -0.203. The molecule has 4 unspecified atom stereocenters. The summed E-state index contributed by atoms with van der Waals surface area (Å²) >= 11 is 0. The van der Waals surface area contributed by atoms with Crippen LogP contribution >= 0.6 is 0 Å². The fraction of sp³-hybridized carbons (Fsp3) is 0.867. The zero-order chi connectivity index (χ0) is 14.6. The number of amides is 2. The number of piperazine rings is 1. The number of hydrogen-bond donors (Lipinski definition) is 1. The molecule has 1 heterocycles. The Morgan fingerprint density at radius 3 is 2.37 bits per heavy atom. The van der Waals surface area contributed by atoms with Crippen molar-refractivity contribution in [2.45, 2.75) is 66.0 Å². The summed E-state index contributed by atoms with van der Waals surface area (Å²) in [5.74, 6) is 0.829. The van der Waals surface area contributed by atoms with Crippen molar-refractivity contribution in [3.05, 3.63) is 0 Å². The van der Waals surface area contributed by atoms with Gasteiger partial charge in [-0.2, -0.15) is 0 Å². The maximum absolute atomic E-state index is 12.5. The van der Waals surface area contributed by atoms with Gasteiger partial charge in [-0.05, 0) is 25.2 Å². The molecule has 1 rings (SSSR count). The van der Waals surface area contributed by atoms with Crippen LogP contribution in [0.5, 0.6) is 0 Å². The lowest BCUT2D eigenvalue weighted by Crippen LogP contribution is -2.62. The van der Waals surface area contributed by atoms with Crippen molar-refractivity contribution in [1.82, 2.24) is 10.2 Å². The summed E-state index contributed by atoms with van der Waals surface area (Å²) in [6.07, 6.45) is 2.96. The van der Waals surface area contributed by atoms with Gasteiger partial charge in [0.05, 0.1) is 6.54 Å². The molecule has 0 aromatic heterocycles. The highest BCUT2D eigenvalue weighted by atomic mass is 16.2. The van der Waals surface area contributed by atoms with Gasteiger partial charge in [-0.25, -0.2) is 0 Å². The smallest absolute Gasteiger partial charge is 0.246 e. The van der Waals surface area contributed by atoms with E-state index in [-0.39, 0.29) is 36.4 Å². The molecule has 0 aromatic rings. The number of hydrogen-bond acceptors (Lipinski definition) is 2. The SMILES string of the molecule is CCC(C)CC(C)N1CC(=O)NC(C(C)CC)C1=O. The number of rotatable bonds is 6. The van der Waals surface area contributed by atoms with Crippen LogP contribution in [0.4, 0.5) is 0 Å². The van der Waals surface area contributed by atoms with E-state index in [1.165, 1.54) is 0 Å². The van der Waals surface area contributed by atoms with Crippen molar-refractivity contribution < 1.29 is 9.59 Å². The number of nitrogens with one attached hydrogen (secondary N) is 1. The maximum atomic E-state index is 12.5. The van der Waals surface area contributed by atoms with Gasteiger partial charge in [-0.1, -0.05) is 40.5 Å². The van der Waals surface area contributed by atoms with Crippen LogP contribution in [0, 0.1) is 11.8 Å². The van der Waals surface area contributed by atoms with E-state index in [0.29, 0.717) is 5.92 Å². The second-order valence-electron chi connectivity index (χ2n) is 5.99. The number of carbonyl (C=O) groups is 2. The van der Waals surface area contributed by atoms with Gasteiger partial charge in [-0.15, -0.1) is 0 Å². The highest BCUT2D eigenvalue weighted by Crippen LogP contribution is 2.20. The molecular formula is C15H28N2O2. The van der Waals surface area contributed by atoms with E-state index in [2.05, 4.69) is 26.1 Å². The highest BCUT2D eigenvalue weighted by molar-refractivity contribution is 5.95. The third-order valence-electron chi connectivity index (χ3n) is 4.37. The van der Waals surface area contributed by atoms with Gasteiger partial charge in [0.1, 0.15) is 6.04 Å². The molecule has 19 heavy (non-hydrogen) atoms. The van der Waals surface area contributed by atoms with Crippen molar-refractivity contribution in [3.8, 4) is 0 Å². The molecule has 1 aliphatic heterocycles. The van der Waals surface area contributed by atoms with Crippen LogP contribution in [0.3, 0.4) is 0 Å². The molecule has 1 N–H and O–H groups in total. The minimum absolute atomic E-state index is 0.0269. The Bertz CT molecular complexity index is 330. The van der Waals surface area contributed by atoms with Crippen LogP contribution in [0.2, 0.25) is 0 Å². The van der Waals surface area contributed by atoms with Crippen LogP contribution in [0.1, 0.15) is 53.9 Å². The molecule has 4 nitrogen and oxygen atoms in total. The molecular weight excluding hydrogens is 240 g/mol. The Morgan fingerprint density at radius 1 is 1.21 bits per heavy atom. The number of nitrogens with zero attached hydrogens (tertiary/aromatic N) is 1. The molecule has 0 radical (unpaired) electrons. The summed E-state index contributed by atoms with van der Waals surface area (Å²) in [4.78, 5) is 26.1. The lowest BCUT2D eigenvalue weighted by molar-refractivity contribution is -0.148. The first-order chi connectivity index (χ1) is 8.90. The lowest BCUT2D eigenvalue weighted by Gasteiger charge is -2.39. The minimum atomic E-state index is -0.342. The molecule has 1 aliphatic rings. The summed E-state index contributed by atoms with van der Waals surface area (Å²) in [6.45, 7) is 10.7. The van der Waals surface area contributed by atoms with Crippen LogP contribution in [-0.2, 0) is 9.59 Å². The van der Waals surface area contributed by atoms with E-state index in [1.807, 2.05) is 13.8 Å². The monoisotopic (exact) mass is 268 g/mol. The van der Waals surface area contributed by atoms with Crippen LogP contribution in [0.25, 0.3) is 0 Å². The predicted molar refractivity (Wildman–Crippen MR) is 76.6 cm³/mol. The normalized spacial score (nSPS) is 24.9. The molecule has 0 aromatic carbocycles. The Morgan fingerprint density at radius 2 is 1.84 bits per heavy atom. The average Bonchev–Trinajstić information content (AvgIpc) is 2.39. The predicted octanol–water partition coefficient (Wildman–Crippen LogP) is 2.18. The fourth-order valence-corrected chi connectivity index (χ4v) is 2.56. The fourth-order valence-electron chi connectivity index (χ4n) is 2.56. The van der Waals surface area contributed by atoms with Gasteiger partial charge in [0.25, 0.3) is 0 Å². The quantitative estimate of drug-likeness (QED) is 0.802. The second kappa shape index (κ2) is 6.92. The molecule has 1 saturated heterocycles. The molecule has 0 bridgehead atoms. The molecule has 0 spiro atoms. The Hall–Kier alpha value is -1.06. The molecule has 4 atom stereocenters. The third-order valence-corrected chi connectivity index (χ3v) is 4.37. The Balaban J connectivity index is 2.76. The summed E-state index contributed by atoms with van der Waals surface area (Å²) in [5.41, 5.74) is 0. The van der Waals surface area contributed by atoms with Crippen molar-refractivity contribution in [3.63, 3.8) is 0 Å². The van der Waals surface area contributed by atoms with Crippen LogP contribution in [-0.4, -0.2) is 35.3 Å². The van der Waals surface area contributed by atoms with Crippen LogP contribution in [0.15, 0.2) is 0 Å². The van der Waals surface area contributed by atoms with E-state index >= 15 is 0 Å². The molecule has 0 saturated carbocycles. The van der Waals surface area contributed by atoms with Gasteiger partial charge in [0.15, 0.2) is 0 Å². The highest BCUT2D eigenvalue weighted by Gasteiger charge is 2.37. The van der Waals surface area contributed by atoms with Gasteiger partial charge in [0.2, 0.25) is 11.8 Å². The van der Waals surface area contributed by atoms with Gasteiger partial charge < -0.3 is 10.2 Å². The molecule has 110 valence electrons. The molecule has 2 amide bonds. The largest absolute Gasteiger partial charge is 0.342 e. The standard InChI is InChI=1S/C15H28N2O2/c1-6-10(3)8-12(5)17-9-13(18)16-14(15(17)19)11(4)7-2/h10-12,14H,6-9H2,1-5H3,(H,16,18). The third kappa shape index (κ3) is 3.95. The van der Waals surface area contributed by atoms with E-state index in [4.69, 9.17) is 0 Å². The van der Waals surface area contributed by atoms with E-state index in [9.17, 15) is 9.59 Å². The first-order valence-electron chi connectivity index (χ1n) is 7.50. The van der Waals surface area contributed by atoms with E-state index in [0.717, 1.165) is 19.3 Å². The minimum Gasteiger partial charge on any atom is -0.342 e. The van der Waals surface area contributed by atoms with E-state index < -0.39 is 0 Å². The maximum Gasteiger partial charge on any atom is 0.246 e. The summed E-state index contributed by atoms with van der Waals surface area (Å²) in [5, 5.41) is 2.84. The lowest BCUT2D eigenvalue weighted by atomic mass is 9.93. The van der Waals surface area contributed by atoms with Crippen molar-refractivity contribution in [2.24, 2.45) is 11.8 Å². The topological polar surface area (TPSA) is 49.4 Å². The summed E-state index contributed by atoms with van der Waals surface area (Å²) < 4.78 is 0. The van der Waals surface area contributed by atoms with Crippen molar-refractivity contribution in [2.75, 3.05) is 6.54 Å². The van der Waals surface area contributed by atoms with Crippen molar-refractivity contribution in [1.29, 1.82) is 0 Å². The first kappa shape index (κ1) is 16.0. The van der Waals surface area contributed by atoms with E-state index in [1.54, 1.807) is 4.90 Å². The van der Waals surface area contributed by atoms with Crippen LogP contribution < -0.4 is 5.32 Å². The first-order valence-corrected chi connectivity index (χ1v) is 7.50. The molecule has 1 fully saturated rings. The molecule has 4 heteroatoms. The molecule has 0 aliphatic carbocycles. The van der Waals surface area contributed by atoms with Gasteiger partial charge in [-0.3, -0.25) is 9.59 Å². The summed E-state index contributed by atoms with van der Waals surface area (Å²) in [7, 11) is 0. The second-order valence-corrected chi connectivity index (χ2v) is 5.99. The Kier molecular flexibility index (Phi) is 5.83. The van der Waals surface area contributed by atoms with Gasteiger partial charge in [0, 0.05) is 6.04 Å².